The molecular weight excluding hydrogens is 412 g/mol. The molecule has 1 atom stereocenters. The normalized spacial score (nSPS) is 18.2. The van der Waals surface area contributed by atoms with Gasteiger partial charge in [0.25, 0.3) is 11.8 Å². The van der Waals surface area contributed by atoms with Gasteiger partial charge in [-0.15, -0.1) is 0 Å². The molecule has 2 aromatic heterocycles. The quantitative estimate of drug-likeness (QED) is 0.735. The largest absolute Gasteiger partial charge is 0.502 e. The van der Waals surface area contributed by atoms with E-state index in [-0.39, 0.29) is 24.0 Å². The molecule has 160 valence electrons. The number of hydrogen-bond donors (Lipinski definition) is 2. The molecule has 2 aliphatic heterocycles. The van der Waals surface area contributed by atoms with Crippen LogP contribution in [0.3, 0.4) is 0 Å². The van der Waals surface area contributed by atoms with Crippen molar-refractivity contribution in [1.29, 1.82) is 0 Å². The van der Waals surface area contributed by atoms with Gasteiger partial charge in [0.05, 0.1) is 11.6 Å². The third-order valence-corrected chi connectivity index (χ3v) is 5.88. The van der Waals surface area contributed by atoms with Crippen molar-refractivity contribution in [3.05, 3.63) is 44.6 Å². The molecule has 2 N–H and O–H groups in total. The Kier molecular flexibility index (Phi) is 5.19. The summed E-state index contributed by atoms with van der Waals surface area (Å²) in [6.45, 7) is 2.99. The molecule has 4 heterocycles. The number of fused-ring (bicyclic) bond motifs is 3. The SMILES string of the molecule is CCN1C(=O)c2c(O)c(=O)c(C(=O)NCc3nn(C)cc3Cl)cn2N2CCCC[C@@H]12. The lowest BCUT2D eigenvalue weighted by molar-refractivity contribution is 0.0534. The van der Waals surface area contributed by atoms with E-state index < -0.39 is 23.0 Å². The Morgan fingerprint density at radius 3 is 2.77 bits per heavy atom. The van der Waals surface area contributed by atoms with Gasteiger partial charge in [0.15, 0.2) is 11.4 Å². The number of piperidine rings is 1. The maximum atomic E-state index is 13.0. The van der Waals surface area contributed by atoms with E-state index >= 15 is 0 Å². The summed E-state index contributed by atoms with van der Waals surface area (Å²) in [5.74, 6) is -1.81. The number of hydrogen-bond acceptors (Lipinski definition) is 6. The fourth-order valence-electron chi connectivity index (χ4n) is 4.13. The van der Waals surface area contributed by atoms with Gasteiger partial charge in [-0.3, -0.25) is 28.8 Å². The lowest BCUT2D eigenvalue weighted by Crippen LogP contribution is -2.63. The van der Waals surface area contributed by atoms with Crippen LogP contribution < -0.4 is 15.8 Å². The van der Waals surface area contributed by atoms with E-state index in [2.05, 4.69) is 10.4 Å². The van der Waals surface area contributed by atoms with Crippen molar-refractivity contribution >= 4 is 23.4 Å². The van der Waals surface area contributed by atoms with Gasteiger partial charge < -0.3 is 15.3 Å². The number of pyridine rings is 1. The lowest BCUT2D eigenvalue weighted by Gasteiger charge is -2.48. The number of nitrogens with zero attached hydrogens (tertiary/aromatic N) is 5. The van der Waals surface area contributed by atoms with Crippen LogP contribution in [0.25, 0.3) is 0 Å². The van der Waals surface area contributed by atoms with Crippen molar-refractivity contribution in [3.8, 4) is 5.75 Å². The Labute approximate surface area is 177 Å². The molecule has 0 aliphatic carbocycles. The summed E-state index contributed by atoms with van der Waals surface area (Å²) >= 11 is 6.06. The van der Waals surface area contributed by atoms with E-state index in [1.54, 1.807) is 18.1 Å². The smallest absolute Gasteiger partial charge is 0.278 e. The summed E-state index contributed by atoms with van der Waals surface area (Å²) in [5, 5.41) is 19.6. The Bertz CT molecular complexity index is 1080. The molecule has 2 amide bonds. The lowest BCUT2D eigenvalue weighted by atomic mass is 10.1. The van der Waals surface area contributed by atoms with Gasteiger partial charge >= 0.3 is 0 Å². The summed E-state index contributed by atoms with van der Waals surface area (Å²) in [7, 11) is 1.71. The number of nitrogens with one attached hydrogen (secondary N) is 1. The minimum atomic E-state index is -0.884. The Morgan fingerprint density at radius 1 is 1.33 bits per heavy atom. The summed E-state index contributed by atoms with van der Waals surface area (Å²) in [6, 6.07) is 0. The van der Waals surface area contributed by atoms with Gasteiger partial charge in [-0.2, -0.15) is 5.10 Å². The highest BCUT2D eigenvalue weighted by Crippen LogP contribution is 2.29. The second-order valence-corrected chi connectivity index (χ2v) is 7.83. The zero-order valence-corrected chi connectivity index (χ0v) is 17.5. The molecule has 1 fully saturated rings. The number of amides is 2. The second kappa shape index (κ2) is 7.67. The van der Waals surface area contributed by atoms with Crippen LogP contribution in [0.5, 0.6) is 5.75 Å². The number of carbonyl (C=O) groups excluding carboxylic acids is 2. The molecule has 4 rings (SSSR count). The zero-order valence-electron chi connectivity index (χ0n) is 16.8. The second-order valence-electron chi connectivity index (χ2n) is 7.42. The monoisotopic (exact) mass is 434 g/mol. The first-order valence-corrected chi connectivity index (χ1v) is 10.2. The number of aryl methyl sites for hydroxylation is 1. The van der Waals surface area contributed by atoms with E-state index in [4.69, 9.17) is 11.6 Å². The maximum absolute atomic E-state index is 13.0. The fourth-order valence-corrected chi connectivity index (χ4v) is 4.38. The Balaban J connectivity index is 1.70. The summed E-state index contributed by atoms with van der Waals surface area (Å²) in [5.41, 5.74) is -0.778. The van der Waals surface area contributed by atoms with Crippen LogP contribution in [0.15, 0.2) is 17.2 Å². The van der Waals surface area contributed by atoms with E-state index in [1.165, 1.54) is 15.6 Å². The van der Waals surface area contributed by atoms with Crippen LogP contribution in [-0.2, 0) is 13.6 Å². The molecule has 0 bridgehead atoms. The number of carbonyl (C=O) groups is 2. The van der Waals surface area contributed by atoms with Crippen molar-refractivity contribution in [2.45, 2.75) is 38.9 Å². The average Bonchev–Trinajstić information content (AvgIpc) is 3.05. The molecule has 30 heavy (non-hydrogen) atoms. The molecule has 0 spiro atoms. The van der Waals surface area contributed by atoms with Gasteiger partial charge in [-0.05, 0) is 26.2 Å². The Morgan fingerprint density at radius 2 is 2.10 bits per heavy atom. The van der Waals surface area contributed by atoms with Crippen LogP contribution >= 0.6 is 11.6 Å². The maximum Gasteiger partial charge on any atom is 0.278 e. The van der Waals surface area contributed by atoms with Crippen LogP contribution in [0.2, 0.25) is 5.02 Å². The van der Waals surface area contributed by atoms with Gasteiger partial charge in [-0.1, -0.05) is 11.6 Å². The van der Waals surface area contributed by atoms with E-state index in [0.717, 1.165) is 19.3 Å². The molecular formula is C19H23ClN6O4. The highest BCUT2D eigenvalue weighted by molar-refractivity contribution is 6.31. The molecule has 0 saturated carbocycles. The van der Waals surface area contributed by atoms with Gasteiger partial charge in [0.2, 0.25) is 5.43 Å². The van der Waals surface area contributed by atoms with Crippen LogP contribution in [0.4, 0.5) is 0 Å². The summed E-state index contributed by atoms with van der Waals surface area (Å²) in [4.78, 5) is 40.0. The first kappa shape index (κ1) is 20.3. The molecule has 2 aliphatic rings. The van der Waals surface area contributed by atoms with Crippen molar-refractivity contribution in [2.24, 2.45) is 7.05 Å². The van der Waals surface area contributed by atoms with E-state index in [9.17, 15) is 19.5 Å². The third-order valence-electron chi connectivity index (χ3n) is 5.56. The average molecular weight is 435 g/mol. The van der Waals surface area contributed by atoms with Gasteiger partial charge in [-0.25, -0.2) is 0 Å². The van der Waals surface area contributed by atoms with Crippen molar-refractivity contribution in [1.82, 2.24) is 24.7 Å². The van der Waals surface area contributed by atoms with Gasteiger partial charge in [0, 0.05) is 32.5 Å². The predicted octanol–water partition coefficient (Wildman–Crippen LogP) is 0.794. The number of rotatable bonds is 4. The number of aromatic hydroxyl groups is 1. The predicted molar refractivity (Wildman–Crippen MR) is 109 cm³/mol. The highest BCUT2D eigenvalue weighted by atomic mass is 35.5. The molecule has 0 aromatic carbocycles. The van der Waals surface area contributed by atoms with E-state index in [0.29, 0.717) is 23.8 Å². The highest BCUT2D eigenvalue weighted by Gasteiger charge is 2.40. The zero-order chi connectivity index (χ0) is 21.6. The van der Waals surface area contributed by atoms with E-state index in [1.807, 2.05) is 11.9 Å². The summed E-state index contributed by atoms with van der Waals surface area (Å²) < 4.78 is 2.99. The number of aromatic nitrogens is 3. The standard InChI is InChI=1S/C19H23ClN6O4/c1-3-24-14-6-4-5-7-25(14)26-9-11(16(27)17(28)15(26)19(24)30)18(29)21-8-13-12(20)10-23(2)22-13/h9-10,14,28H,3-8H2,1-2H3,(H,21,29)/t14-/m0/s1. The minimum absolute atomic E-state index is 0.0232. The molecule has 1 saturated heterocycles. The minimum Gasteiger partial charge on any atom is -0.502 e. The topological polar surface area (TPSA) is 113 Å². The molecule has 0 radical (unpaired) electrons. The van der Waals surface area contributed by atoms with Crippen LogP contribution in [0.1, 0.15) is 52.7 Å². The van der Waals surface area contributed by atoms with Crippen molar-refractivity contribution < 1.29 is 14.7 Å². The number of halogens is 1. The van der Waals surface area contributed by atoms with Crippen LogP contribution in [0, 0.1) is 0 Å². The van der Waals surface area contributed by atoms with Crippen LogP contribution in [-0.4, -0.2) is 55.5 Å². The fraction of sp³-hybridized carbons (Fsp3) is 0.474. The van der Waals surface area contributed by atoms with Gasteiger partial charge in [0.1, 0.15) is 17.4 Å². The molecule has 2 aromatic rings. The molecule has 11 heteroatoms. The Hall–Kier alpha value is -3.01. The molecule has 10 nitrogen and oxygen atoms in total. The third kappa shape index (κ3) is 3.20. The first-order valence-electron chi connectivity index (χ1n) is 9.86. The van der Waals surface area contributed by atoms with Crippen molar-refractivity contribution in [3.63, 3.8) is 0 Å². The first-order chi connectivity index (χ1) is 14.3. The molecule has 0 unspecified atom stereocenters. The summed E-state index contributed by atoms with van der Waals surface area (Å²) in [6.07, 6.45) is 5.44. The van der Waals surface area contributed by atoms with Crippen molar-refractivity contribution in [2.75, 3.05) is 18.1 Å².